The Hall–Kier alpha value is -5.70. The number of para-hydroxylation sites is 1. The molecule has 48 heavy (non-hydrogen) atoms. The Bertz CT molecular complexity index is 2420. The lowest BCUT2D eigenvalue weighted by Gasteiger charge is -2.26. The van der Waals surface area contributed by atoms with Crippen LogP contribution in [-0.2, 0) is 6.42 Å². The predicted molar refractivity (Wildman–Crippen MR) is 208 cm³/mol. The predicted octanol–water partition coefficient (Wildman–Crippen LogP) is 13.5. The van der Waals surface area contributed by atoms with Gasteiger partial charge in [0.25, 0.3) is 0 Å². The van der Waals surface area contributed by atoms with Gasteiger partial charge in [-0.15, -0.1) is 11.3 Å². The molecule has 0 N–H and O–H groups in total. The third-order valence-corrected chi connectivity index (χ3v) is 10.7. The molecule has 8 aromatic rings. The maximum absolute atomic E-state index is 2.44. The molecule has 0 radical (unpaired) electrons. The Kier molecular flexibility index (Phi) is 7.22. The molecule has 0 spiro atoms. The van der Waals surface area contributed by atoms with Crippen molar-refractivity contribution in [2.45, 2.75) is 12.8 Å². The molecule has 228 valence electrons. The van der Waals surface area contributed by atoms with Crippen molar-refractivity contribution in [1.29, 1.82) is 0 Å². The molecule has 0 amide bonds. The number of allylic oxidation sites excluding steroid dienone is 1. The van der Waals surface area contributed by atoms with Crippen molar-refractivity contribution in [1.82, 2.24) is 0 Å². The summed E-state index contributed by atoms with van der Waals surface area (Å²) in [7, 11) is 0. The minimum Gasteiger partial charge on any atom is -0.311 e. The smallest absolute Gasteiger partial charge is 0.0462 e. The van der Waals surface area contributed by atoms with Crippen LogP contribution in [0.4, 0.5) is 17.1 Å². The lowest BCUT2D eigenvalue weighted by Crippen LogP contribution is -2.09. The van der Waals surface area contributed by atoms with E-state index < -0.39 is 0 Å². The first-order valence-corrected chi connectivity index (χ1v) is 17.5. The monoisotopic (exact) mass is 631 g/mol. The Balaban J connectivity index is 1.16. The first kappa shape index (κ1) is 28.5. The Morgan fingerprint density at radius 2 is 1.04 bits per heavy atom. The highest BCUT2D eigenvalue weighted by Gasteiger charge is 2.18. The van der Waals surface area contributed by atoms with Gasteiger partial charge in [0, 0.05) is 32.0 Å². The number of anilines is 3. The van der Waals surface area contributed by atoms with Gasteiger partial charge in [0.2, 0.25) is 0 Å². The van der Waals surface area contributed by atoms with Crippen LogP contribution in [0.5, 0.6) is 0 Å². The number of fused-ring (bicyclic) bond motifs is 4. The van der Waals surface area contributed by atoms with Gasteiger partial charge in [-0.1, -0.05) is 121 Å². The second kappa shape index (κ2) is 12.2. The molecule has 0 atom stereocenters. The standard InChI is InChI=1S/C46H33NS/c1-3-11-32(12-4-1)34-21-25-39(26-22-34)47(38-15-5-2-6-16-38)40-27-23-35(24-28-40)43-31-46-44(41-17-9-10-18-45(41)48-46)30-42(43)37-20-19-33-13-7-8-14-36(33)29-37/h1-9,11-17,19-31H,10,18H2. The molecular formula is C46H33NS. The molecule has 9 rings (SSSR count). The first-order valence-electron chi connectivity index (χ1n) is 16.6. The number of hydrogen-bond acceptors (Lipinski definition) is 2. The number of rotatable bonds is 6. The largest absolute Gasteiger partial charge is 0.311 e. The zero-order chi connectivity index (χ0) is 31.9. The second-order valence-corrected chi connectivity index (χ2v) is 13.6. The van der Waals surface area contributed by atoms with Gasteiger partial charge in [-0.25, -0.2) is 0 Å². The van der Waals surface area contributed by atoms with Crippen LogP contribution in [-0.4, -0.2) is 0 Å². The third kappa shape index (κ3) is 5.21. The molecule has 1 nitrogen and oxygen atoms in total. The Labute approximate surface area is 285 Å². The highest BCUT2D eigenvalue weighted by atomic mass is 32.1. The summed E-state index contributed by atoms with van der Waals surface area (Å²) in [4.78, 5) is 3.84. The second-order valence-electron chi connectivity index (χ2n) is 12.5. The average molecular weight is 632 g/mol. The fourth-order valence-corrected chi connectivity index (χ4v) is 8.31. The van der Waals surface area contributed by atoms with E-state index in [9.17, 15) is 0 Å². The summed E-state index contributed by atoms with van der Waals surface area (Å²) < 4.78 is 1.36. The topological polar surface area (TPSA) is 3.24 Å². The van der Waals surface area contributed by atoms with E-state index in [1.54, 1.807) is 0 Å². The number of hydrogen-bond donors (Lipinski definition) is 0. The van der Waals surface area contributed by atoms with E-state index in [2.05, 4.69) is 181 Å². The maximum atomic E-state index is 2.44. The van der Waals surface area contributed by atoms with E-state index in [0.29, 0.717) is 0 Å². The lowest BCUT2D eigenvalue weighted by molar-refractivity contribution is 1.02. The zero-order valence-corrected chi connectivity index (χ0v) is 27.3. The van der Waals surface area contributed by atoms with Crippen molar-refractivity contribution in [3.8, 4) is 33.4 Å². The SMILES string of the molecule is C1=Cc2c(sc3cc(-c4ccc(N(c5ccccc5)c5ccc(-c6ccccc6)cc5)cc4)c(-c4ccc5ccccc5c4)cc23)CC1. The maximum Gasteiger partial charge on any atom is 0.0462 e. The van der Waals surface area contributed by atoms with Crippen molar-refractivity contribution in [2.24, 2.45) is 0 Å². The van der Waals surface area contributed by atoms with Crippen molar-refractivity contribution < 1.29 is 0 Å². The van der Waals surface area contributed by atoms with Gasteiger partial charge in [0.1, 0.15) is 0 Å². The zero-order valence-electron chi connectivity index (χ0n) is 26.5. The molecular weight excluding hydrogens is 599 g/mol. The minimum absolute atomic E-state index is 1.12. The van der Waals surface area contributed by atoms with Gasteiger partial charge >= 0.3 is 0 Å². The van der Waals surface area contributed by atoms with E-state index in [1.165, 1.54) is 64.7 Å². The van der Waals surface area contributed by atoms with Crippen LogP contribution in [0.2, 0.25) is 0 Å². The number of thiophene rings is 1. The molecule has 1 heterocycles. The van der Waals surface area contributed by atoms with Gasteiger partial charge in [-0.05, 0) is 117 Å². The number of nitrogens with zero attached hydrogens (tertiary/aromatic N) is 1. The first-order chi connectivity index (χ1) is 23.8. The van der Waals surface area contributed by atoms with Crippen molar-refractivity contribution in [3.63, 3.8) is 0 Å². The van der Waals surface area contributed by atoms with Crippen LogP contribution < -0.4 is 4.90 Å². The van der Waals surface area contributed by atoms with Crippen LogP contribution in [0.15, 0.2) is 170 Å². The molecule has 1 aromatic heterocycles. The molecule has 2 heteroatoms. The van der Waals surface area contributed by atoms with Crippen molar-refractivity contribution in [3.05, 3.63) is 180 Å². The molecule has 0 unspecified atom stereocenters. The summed E-state index contributed by atoms with van der Waals surface area (Å²) in [5.74, 6) is 0. The highest BCUT2D eigenvalue weighted by molar-refractivity contribution is 7.19. The van der Waals surface area contributed by atoms with Crippen LogP contribution in [0.1, 0.15) is 16.9 Å². The van der Waals surface area contributed by atoms with Gasteiger partial charge in [0.05, 0.1) is 0 Å². The summed E-state index contributed by atoms with van der Waals surface area (Å²) in [5.41, 5.74) is 12.2. The third-order valence-electron chi connectivity index (χ3n) is 9.51. The van der Waals surface area contributed by atoms with Gasteiger partial charge < -0.3 is 4.90 Å². The van der Waals surface area contributed by atoms with Crippen LogP contribution >= 0.6 is 11.3 Å². The molecule has 0 fully saturated rings. The highest BCUT2D eigenvalue weighted by Crippen LogP contribution is 2.44. The number of aryl methyl sites for hydroxylation is 1. The van der Waals surface area contributed by atoms with E-state index in [4.69, 9.17) is 0 Å². The molecule has 0 aliphatic heterocycles. The molecule has 0 bridgehead atoms. The summed E-state index contributed by atoms with van der Waals surface area (Å²) in [6.45, 7) is 0. The van der Waals surface area contributed by atoms with E-state index in [1.807, 2.05) is 11.3 Å². The molecule has 7 aromatic carbocycles. The average Bonchev–Trinajstić information content (AvgIpc) is 3.53. The van der Waals surface area contributed by atoms with Gasteiger partial charge in [-0.2, -0.15) is 0 Å². The van der Waals surface area contributed by atoms with Crippen LogP contribution in [0, 0.1) is 0 Å². The Morgan fingerprint density at radius 3 is 1.79 bits per heavy atom. The van der Waals surface area contributed by atoms with Crippen molar-refractivity contribution in [2.75, 3.05) is 4.90 Å². The summed E-state index contributed by atoms with van der Waals surface area (Å²) in [5, 5.41) is 3.89. The van der Waals surface area contributed by atoms with Gasteiger partial charge in [0.15, 0.2) is 0 Å². The quantitative estimate of drug-likeness (QED) is 0.176. The molecule has 1 aliphatic carbocycles. The van der Waals surface area contributed by atoms with Gasteiger partial charge in [-0.3, -0.25) is 0 Å². The molecule has 1 aliphatic rings. The summed E-state index contributed by atoms with van der Waals surface area (Å²) >= 11 is 1.96. The lowest BCUT2D eigenvalue weighted by atomic mass is 9.90. The fourth-order valence-electron chi connectivity index (χ4n) is 7.08. The van der Waals surface area contributed by atoms with Crippen LogP contribution in [0.25, 0.3) is 60.3 Å². The van der Waals surface area contributed by atoms with E-state index in [-0.39, 0.29) is 0 Å². The van der Waals surface area contributed by atoms with Crippen molar-refractivity contribution >= 4 is 55.3 Å². The number of benzene rings is 7. The summed E-state index contributed by atoms with van der Waals surface area (Å²) in [6.07, 6.45) is 6.91. The van der Waals surface area contributed by atoms with E-state index >= 15 is 0 Å². The minimum atomic E-state index is 1.12. The molecule has 0 saturated carbocycles. The summed E-state index contributed by atoms with van der Waals surface area (Å²) in [6, 6.07) is 59.6. The fraction of sp³-hybridized carbons (Fsp3) is 0.0435. The normalized spacial score (nSPS) is 12.3. The van der Waals surface area contributed by atoms with Crippen LogP contribution in [0.3, 0.4) is 0 Å². The van der Waals surface area contributed by atoms with E-state index in [0.717, 1.165) is 29.9 Å². The molecule has 0 saturated heterocycles. The Morgan fingerprint density at radius 1 is 0.458 bits per heavy atom.